The maximum Gasteiger partial charge on any atom is 0.352 e. The first kappa shape index (κ1) is 15.5. The molecule has 116 valence electrons. The second-order valence-corrected chi connectivity index (χ2v) is 7.01. The summed E-state index contributed by atoms with van der Waals surface area (Å²) in [7, 11) is -3.70. The maximum absolute atomic E-state index is 12.4. The van der Waals surface area contributed by atoms with E-state index in [0.29, 0.717) is 25.9 Å². The van der Waals surface area contributed by atoms with E-state index in [2.05, 4.69) is 4.98 Å². The second kappa shape index (κ2) is 5.86. The average molecular weight is 315 g/mol. The van der Waals surface area contributed by atoms with Gasteiger partial charge in [0.25, 0.3) is 0 Å². The molecule has 0 bridgehead atoms. The van der Waals surface area contributed by atoms with Gasteiger partial charge in [-0.2, -0.15) is 4.31 Å². The molecule has 1 aliphatic heterocycles. The number of aromatic amines is 1. The average Bonchev–Trinajstić information content (AvgIpc) is 2.89. The lowest BCUT2D eigenvalue weighted by molar-refractivity contribution is -0.119. The summed E-state index contributed by atoms with van der Waals surface area (Å²) in [6, 6.07) is 1.10. The normalized spacial score (nSPS) is 17.7. The molecule has 0 unspecified atom stereocenters. The van der Waals surface area contributed by atoms with E-state index in [4.69, 9.17) is 10.8 Å². The van der Waals surface area contributed by atoms with Crippen LogP contribution in [0.5, 0.6) is 0 Å². The van der Waals surface area contributed by atoms with Crippen molar-refractivity contribution in [2.24, 2.45) is 11.7 Å². The van der Waals surface area contributed by atoms with Crippen LogP contribution in [0.3, 0.4) is 0 Å². The SMILES string of the molecule is NC(=O)CC1CCN(S(=O)(=O)c2c[nH]c(C(=O)O)c2)CC1. The first-order chi connectivity index (χ1) is 9.80. The van der Waals surface area contributed by atoms with Gasteiger partial charge in [-0.1, -0.05) is 0 Å². The van der Waals surface area contributed by atoms with Gasteiger partial charge < -0.3 is 15.8 Å². The molecule has 1 aromatic heterocycles. The molecule has 0 spiro atoms. The Morgan fingerprint density at radius 2 is 2.00 bits per heavy atom. The number of hydrogen-bond donors (Lipinski definition) is 3. The minimum absolute atomic E-state index is 0.0618. The third kappa shape index (κ3) is 3.42. The van der Waals surface area contributed by atoms with E-state index in [1.165, 1.54) is 10.5 Å². The van der Waals surface area contributed by atoms with Gasteiger partial charge in [-0.3, -0.25) is 4.79 Å². The standard InChI is InChI=1S/C12H17N3O5S/c13-11(16)5-8-1-3-15(4-2-8)21(19,20)9-6-10(12(17)18)14-7-9/h6-8,14H,1-5H2,(H2,13,16)(H,17,18). The van der Waals surface area contributed by atoms with Crippen LogP contribution in [-0.4, -0.2) is 47.8 Å². The summed E-state index contributed by atoms with van der Waals surface area (Å²) in [5.74, 6) is -1.49. The lowest BCUT2D eigenvalue weighted by Gasteiger charge is -2.30. The number of aromatic nitrogens is 1. The number of H-pyrrole nitrogens is 1. The molecular weight excluding hydrogens is 298 g/mol. The number of carboxylic acids is 1. The Labute approximate surface area is 122 Å². The Morgan fingerprint density at radius 1 is 1.38 bits per heavy atom. The highest BCUT2D eigenvalue weighted by atomic mass is 32.2. The van der Waals surface area contributed by atoms with Gasteiger partial charge in [0.15, 0.2) is 0 Å². The third-order valence-electron chi connectivity index (χ3n) is 3.59. The van der Waals surface area contributed by atoms with E-state index >= 15 is 0 Å². The number of primary amides is 1. The van der Waals surface area contributed by atoms with E-state index in [0.717, 1.165) is 6.07 Å². The summed E-state index contributed by atoms with van der Waals surface area (Å²) in [5, 5.41) is 8.81. The van der Waals surface area contributed by atoms with Gasteiger partial charge in [-0.25, -0.2) is 13.2 Å². The molecule has 0 aliphatic carbocycles. The summed E-state index contributed by atoms with van der Waals surface area (Å²) in [5.41, 5.74) is 4.97. The smallest absolute Gasteiger partial charge is 0.352 e. The van der Waals surface area contributed by atoms with E-state index in [9.17, 15) is 18.0 Å². The molecule has 1 aliphatic rings. The Balaban J connectivity index is 2.07. The van der Waals surface area contributed by atoms with Gasteiger partial charge in [0, 0.05) is 25.7 Å². The number of carbonyl (C=O) groups excluding carboxylic acids is 1. The van der Waals surface area contributed by atoms with Crippen LogP contribution >= 0.6 is 0 Å². The van der Waals surface area contributed by atoms with Crippen LogP contribution < -0.4 is 5.73 Å². The van der Waals surface area contributed by atoms with Crippen molar-refractivity contribution in [2.45, 2.75) is 24.2 Å². The molecule has 2 heterocycles. The summed E-state index contributed by atoms with van der Waals surface area (Å²) in [4.78, 5) is 24.0. The van der Waals surface area contributed by atoms with Crippen LogP contribution in [0.25, 0.3) is 0 Å². The highest BCUT2D eigenvalue weighted by molar-refractivity contribution is 7.89. The van der Waals surface area contributed by atoms with E-state index < -0.39 is 16.0 Å². The van der Waals surface area contributed by atoms with Crippen molar-refractivity contribution in [1.29, 1.82) is 0 Å². The summed E-state index contributed by atoms with van der Waals surface area (Å²) in [6.45, 7) is 0.599. The minimum Gasteiger partial charge on any atom is -0.477 e. The molecule has 0 aromatic carbocycles. The zero-order chi connectivity index (χ0) is 15.6. The van der Waals surface area contributed by atoms with E-state index in [-0.39, 0.29) is 28.8 Å². The molecule has 8 nitrogen and oxygen atoms in total. The van der Waals surface area contributed by atoms with Gasteiger partial charge in [-0.05, 0) is 24.8 Å². The Kier molecular flexibility index (Phi) is 4.33. The first-order valence-corrected chi connectivity index (χ1v) is 7.95. The van der Waals surface area contributed by atoms with Crippen molar-refractivity contribution < 1.29 is 23.1 Å². The number of rotatable bonds is 5. The van der Waals surface area contributed by atoms with Crippen molar-refractivity contribution >= 4 is 21.9 Å². The fourth-order valence-electron chi connectivity index (χ4n) is 2.43. The molecule has 9 heteroatoms. The zero-order valence-corrected chi connectivity index (χ0v) is 12.1. The Morgan fingerprint density at radius 3 is 2.48 bits per heavy atom. The van der Waals surface area contributed by atoms with Gasteiger partial charge in [0.05, 0.1) is 0 Å². The van der Waals surface area contributed by atoms with Crippen molar-refractivity contribution in [2.75, 3.05) is 13.1 Å². The topological polar surface area (TPSA) is 134 Å². The van der Waals surface area contributed by atoms with Gasteiger partial charge in [-0.15, -0.1) is 0 Å². The number of hydrogen-bond acceptors (Lipinski definition) is 4. The predicted molar refractivity (Wildman–Crippen MR) is 73.0 cm³/mol. The summed E-state index contributed by atoms with van der Waals surface area (Å²) in [6.07, 6.45) is 2.58. The van der Waals surface area contributed by atoms with Crippen LogP contribution in [0, 0.1) is 5.92 Å². The van der Waals surface area contributed by atoms with Gasteiger partial charge in [0.1, 0.15) is 10.6 Å². The van der Waals surface area contributed by atoms with Gasteiger partial charge >= 0.3 is 5.97 Å². The number of nitrogens with two attached hydrogens (primary N) is 1. The molecule has 1 aromatic rings. The first-order valence-electron chi connectivity index (χ1n) is 6.51. The molecule has 0 saturated carbocycles. The van der Waals surface area contributed by atoms with Crippen molar-refractivity contribution in [3.8, 4) is 0 Å². The summed E-state index contributed by atoms with van der Waals surface area (Å²) >= 11 is 0. The minimum atomic E-state index is -3.70. The molecule has 1 fully saturated rings. The van der Waals surface area contributed by atoms with Crippen LogP contribution in [0.1, 0.15) is 29.8 Å². The van der Waals surface area contributed by atoms with Crippen LogP contribution in [0.2, 0.25) is 0 Å². The number of piperidine rings is 1. The molecular formula is C12H17N3O5S. The largest absolute Gasteiger partial charge is 0.477 e. The Bertz CT molecular complexity index is 644. The van der Waals surface area contributed by atoms with Crippen molar-refractivity contribution in [3.63, 3.8) is 0 Å². The molecule has 2 rings (SSSR count). The lowest BCUT2D eigenvalue weighted by atomic mass is 9.94. The fraction of sp³-hybridized carbons (Fsp3) is 0.500. The van der Waals surface area contributed by atoms with Crippen LogP contribution in [0.15, 0.2) is 17.2 Å². The quantitative estimate of drug-likeness (QED) is 0.702. The van der Waals surface area contributed by atoms with Crippen molar-refractivity contribution in [1.82, 2.24) is 9.29 Å². The number of carboxylic acid groups (broad SMARTS) is 1. The molecule has 1 saturated heterocycles. The summed E-state index contributed by atoms with van der Waals surface area (Å²) < 4.78 is 26.1. The van der Waals surface area contributed by atoms with E-state index in [1.54, 1.807) is 0 Å². The lowest BCUT2D eigenvalue weighted by Crippen LogP contribution is -2.39. The fourth-order valence-corrected chi connectivity index (χ4v) is 3.90. The number of nitrogens with one attached hydrogen (secondary N) is 1. The number of sulfonamides is 1. The Hall–Kier alpha value is -1.87. The molecule has 0 radical (unpaired) electrons. The predicted octanol–water partition coefficient (Wildman–Crippen LogP) is -0.0110. The van der Waals surface area contributed by atoms with Crippen LogP contribution in [-0.2, 0) is 14.8 Å². The monoisotopic (exact) mass is 315 g/mol. The number of carbonyl (C=O) groups is 2. The van der Waals surface area contributed by atoms with E-state index in [1.807, 2.05) is 0 Å². The van der Waals surface area contributed by atoms with Crippen LogP contribution in [0.4, 0.5) is 0 Å². The maximum atomic E-state index is 12.4. The second-order valence-electron chi connectivity index (χ2n) is 5.07. The molecule has 1 amide bonds. The molecule has 21 heavy (non-hydrogen) atoms. The number of aromatic carboxylic acids is 1. The molecule has 4 N–H and O–H groups in total. The number of amides is 1. The van der Waals surface area contributed by atoms with Crippen molar-refractivity contribution in [3.05, 3.63) is 18.0 Å². The highest BCUT2D eigenvalue weighted by Crippen LogP contribution is 2.25. The number of nitrogens with zero attached hydrogens (tertiary/aromatic N) is 1. The van der Waals surface area contributed by atoms with Gasteiger partial charge in [0.2, 0.25) is 15.9 Å². The molecule has 0 atom stereocenters. The third-order valence-corrected chi connectivity index (χ3v) is 5.46. The zero-order valence-electron chi connectivity index (χ0n) is 11.3. The highest BCUT2D eigenvalue weighted by Gasteiger charge is 2.30.